The zero-order valence-corrected chi connectivity index (χ0v) is 12.0. The summed E-state index contributed by atoms with van der Waals surface area (Å²) in [5.74, 6) is 1.62. The van der Waals surface area contributed by atoms with Crippen LogP contribution in [0.2, 0.25) is 5.02 Å². The summed E-state index contributed by atoms with van der Waals surface area (Å²) in [5.41, 5.74) is 3.22. The Morgan fingerprint density at radius 2 is 1.85 bits per heavy atom. The number of hydrogen-bond acceptors (Lipinski definition) is 3. The van der Waals surface area contributed by atoms with Crippen molar-refractivity contribution < 1.29 is 9.47 Å². The van der Waals surface area contributed by atoms with Gasteiger partial charge in [0.1, 0.15) is 13.2 Å². The van der Waals surface area contributed by atoms with E-state index in [0.29, 0.717) is 19.8 Å². The molecule has 0 bridgehead atoms. The molecule has 0 amide bonds. The Kier molecular flexibility index (Phi) is 3.70. The molecule has 0 aromatic heterocycles. The number of nitrogens with one attached hydrogen (secondary N) is 1. The Labute approximate surface area is 123 Å². The number of rotatable bonds is 3. The van der Waals surface area contributed by atoms with Crippen LogP contribution in [0, 0.1) is 6.92 Å². The fourth-order valence-corrected chi connectivity index (χ4v) is 2.46. The minimum absolute atomic E-state index is 0.605. The van der Waals surface area contributed by atoms with E-state index in [2.05, 4.69) is 5.32 Å². The van der Waals surface area contributed by atoms with E-state index in [1.54, 1.807) is 0 Å². The second-order valence-corrected chi connectivity index (χ2v) is 5.22. The molecule has 0 spiro atoms. The number of fused-ring (bicyclic) bond motifs is 1. The van der Waals surface area contributed by atoms with Crippen LogP contribution in [-0.2, 0) is 6.54 Å². The van der Waals surface area contributed by atoms with Gasteiger partial charge in [-0.1, -0.05) is 23.7 Å². The standard InChI is InChI=1S/C16H16ClNO2/c1-11-2-4-14(13(17)8-11)18-10-12-3-5-15-16(9-12)20-7-6-19-15/h2-5,8-9,18H,6-7,10H2,1H3. The third-order valence-electron chi connectivity index (χ3n) is 3.21. The highest BCUT2D eigenvalue weighted by molar-refractivity contribution is 6.33. The van der Waals surface area contributed by atoms with Crippen LogP contribution < -0.4 is 14.8 Å². The van der Waals surface area contributed by atoms with Crippen LogP contribution in [0.5, 0.6) is 11.5 Å². The monoisotopic (exact) mass is 289 g/mol. The van der Waals surface area contributed by atoms with E-state index in [1.807, 2.05) is 43.3 Å². The number of anilines is 1. The highest BCUT2D eigenvalue weighted by atomic mass is 35.5. The molecule has 2 aromatic rings. The molecule has 0 saturated heterocycles. The van der Waals surface area contributed by atoms with Crippen LogP contribution >= 0.6 is 11.6 Å². The average Bonchev–Trinajstić information content (AvgIpc) is 2.46. The van der Waals surface area contributed by atoms with E-state index in [0.717, 1.165) is 33.3 Å². The summed E-state index contributed by atoms with van der Waals surface area (Å²) in [6.45, 7) is 3.94. The first kappa shape index (κ1) is 13.1. The minimum Gasteiger partial charge on any atom is -0.486 e. The summed E-state index contributed by atoms with van der Waals surface area (Å²) in [6.07, 6.45) is 0. The minimum atomic E-state index is 0.605. The lowest BCUT2D eigenvalue weighted by Gasteiger charge is -2.19. The maximum atomic E-state index is 6.20. The highest BCUT2D eigenvalue weighted by Gasteiger charge is 2.11. The van der Waals surface area contributed by atoms with Crippen LogP contribution in [0.3, 0.4) is 0 Å². The van der Waals surface area contributed by atoms with E-state index in [4.69, 9.17) is 21.1 Å². The van der Waals surface area contributed by atoms with Gasteiger partial charge in [0.05, 0.1) is 10.7 Å². The summed E-state index contributed by atoms with van der Waals surface area (Å²) in [5, 5.41) is 4.07. The van der Waals surface area contributed by atoms with Crippen molar-refractivity contribution in [1.82, 2.24) is 0 Å². The van der Waals surface area contributed by atoms with Gasteiger partial charge >= 0.3 is 0 Å². The van der Waals surface area contributed by atoms with E-state index in [-0.39, 0.29) is 0 Å². The topological polar surface area (TPSA) is 30.5 Å². The maximum absolute atomic E-state index is 6.20. The Hall–Kier alpha value is -1.87. The Balaban J connectivity index is 1.72. The first-order valence-corrected chi connectivity index (χ1v) is 6.99. The van der Waals surface area contributed by atoms with Gasteiger partial charge in [0.15, 0.2) is 11.5 Å². The first-order chi connectivity index (χ1) is 9.72. The van der Waals surface area contributed by atoms with E-state index >= 15 is 0 Å². The predicted molar refractivity (Wildman–Crippen MR) is 80.9 cm³/mol. The number of halogens is 1. The summed E-state index contributed by atoms with van der Waals surface area (Å²) in [4.78, 5) is 0. The van der Waals surface area contributed by atoms with Gasteiger partial charge < -0.3 is 14.8 Å². The molecule has 3 nitrogen and oxygen atoms in total. The van der Waals surface area contributed by atoms with Gasteiger partial charge in [-0.25, -0.2) is 0 Å². The molecule has 0 radical (unpaired) electrons. The van der Waals surface area contributed by atoms with Crippen LogP contribution in [0.1, 0.15) is 11.1 Å². The van der Waals surface area contributed by atoms with Crippen molar-refractivity contribution in [1.29, 1.82) is 0 Å². The molecular formula is C16H16ClNO2. The molecule has 104 valence electrons. The normalized spacial score (nSPS) is 13.1. The van der Waals surface area contributed by atoms with Gasteiger partial charge in [0, 0.05) is 6.54 Å². The second-order valence-electron chi connectivity index (χ2n) is 4.81. The number of aryl methyl sites for hydroxylation is 1. The van der Waals surface area contributed by atoms with E-state index in [1.165, 1.54) is 0 Å². The third kappa shape index (κ3) is 2.83. The predicted octanol–water partition coefficient (Wildman–Crippen LogP) is 4.03. The number of ether oxygens (including phenoxy) is 2. The molecule has 2 aromatic carbocycles. The van der Waals surface area contributed by atoms with Gasteiger partial charge in [-0.3, -0.25) is 0 Å². The highest BCUT2D eigenvalue weighted by Crippen LogP contribution is 2.31. The quantitative estimate of drug-likeness (QED) is 0.925. The molecule has 1 N–H and O–H groups in total. The van der Waals surface area contributed by atoms with Crippen LogP contribution in [-0.4, -0.2) is 13.2 Å². The third-order valence-corrected chi connectivity index (χ3v) is 3.53. The molecular weight excluding hydrogens is 274 g/mol. The first-order valence-electron chi connectivity index (χ1n) is 6.61. The Morgan fingerprint density at radius 3 is 2.65 bits per heavy atom. The van der Waals surface area contributed by atoms with Gasteiger partial charge in [-0.05, 0) is 42.3 Å². The Morgan fingerprint density at radius 1 is 1.05 bits per heavy atom. The van der Waals surface area contributed by atoms with Crippen molar-refractivity contribution in [3.05, 3.63) is 52.5 Å². The molecule has 0 atom stereocenters. The van der Waals surface area contributed by atoms with Crippen molar-refractivity contribution in [2.45, 2.75) is 13.5 Å². The number of benzene rings is 2. The zero-order valence-electron chi connectivity index (χ0n) is 11.3. The maximum Gasteiger partial charge on any atom is 0.161 e. The van der Waals surface area contributed by atoms with E-state index < -0.39 is 0 Å². The fraction of sp³-hybridized carbons (Fsp3) is 0.250. The summed E-state index contributed by atoms with van der Waals surface area (Å²) < 4.78 is 11.1. The lowest BCUT2D eigenvalue weighted by atomic mass is 10.1. The van der Waals surface area contributed by atoms with Crippen molar-refractivity contribution >= 4 is 17.3 Å². The van der Waals surface area contributed by atoms with Gasteiger partial charge in [-0.15, -0.1) is 0 Å². The molecule has 1 aliphatic rings. The smallest absolute Gasteiger partial charge is 0.161 e. The molecule has 0 saturated carbocycles. The fourth-order valence-electron chi connectivity index (χ4n) is 2.16. The molecule has 3 rings (SSSR count). The number of hydrogen-bond donors (Lipinski definition) is 1. The van der Waals surface area contributed by atoms with Gasteiger partial charge in [0.2, 0.25) is 0 Å². The summed E-state index contributed by atoms with van der Waals surface area (Å²) in [7, 11) is 0. The lowest BCUT2D eigenvalue weighted by Crippen LogP contribution is -2.15. The summed E-state index contributed by atoms with van der Waals surface area (Å²) in [6, 6.07) is 12.0. The molecule has 4 heteroatoms. The van der Waals surface area contributed by atoms with Crippen LogP contribution in [0.15, 0.2) is 36.4 Å². The molecule has 1 aliphatic heterocycles. The van der Waals surface area contributed by atoms with Gasteiger partial charge in [-0.2, -0.15) is 0 Å². The van der Waals surface area contributed by atoms with Crippen molar-refractivity contribution in [2.24, 2.45) is 0 Å². The van der Waals surface area contributed by atoms with Crippen LogP contribution in [0.4, 0.5) is 5.69 Å². The summed E-state index contributed by atoms with van der Waals surface area (Å²) >= 11 is 6.20. The molecule has 0 unspecified atom stereocenters. The van der Waals surface area contributed by atoms with Crippen molar-refractivity contribution in [3.63, 3.8) is 0 Å². The second kappa shape index (κ2) is 5.63. The lowest BCUT2D eigenvalue weighted by molar-refractivity contribution is 0.171. The molecule has 1 heterocycles. The van der Waals surface area contributed by atoms with Crippen molar-refractivity contribution in [2.75, 3.05) is 18.5 Å². The van der Waals surface area contributed by atoms with E-state index in [9.17, 15) is 0 Å². The SMILES string of the molecule is Cc1ccc(NCc2ccc3c(c2)OCCO3)c(Cl)c1. The molecule has 0 aliphatic carbocycles. The van der Waals surface area contributed by atoms with Crippen molar-refractivity contribution in [3.8, 4) is 11.5 Å². The zero-order chi connectivity index (χ0) is 13.9. The average molecular weight is 290 g/mol. The van der Waals surface area contributed by atoms with Gasteiger partial charge in [0.25, 0.3) is 0 Å². The molecule has 0 fully saturated rings. The largest absolute Gasteiger partial charge is 0.486 e. The Bertz CT molecular complexity index is 628. The van der Waals surface area contributed by atoms with Crippen LogP contribution in [0.25, 0.3) is 0 Å². The molecule has 20 heavy (non-hydrogen) atoms.